The summed E-state index contributed by atoms with van der Waals surface area (Å²) in [5.74, 6) is -3.26. The topological polar surface area (TPSA) is 182 Å². The number of hydrogen-bond donors (Lipinski definition) is 3. The third kappa shape index (κ3) is 10.3. The van der Waals surface area contributed by atoms with E-state index in [1.54, 1.807) is 59.5 Å². The molecule has 3 N–H and O–H groups in total. The summed E-state index contributed by atoms with van der Waals surface area (Å²) in [5, 5.41) is 18.3. The SMILES string of the molecule is C.O=C1CN(Cc2ccccc2)CC(=O)N1c1cc(Cc2n[nH]c(=O)c3ccccc23)ccc1F.O=C1CNCC(=O)N1c1cc(Cc2n[nH]c(=O)c3ccccc23)ccc1F.[CH3-].[Pd]. The first-order chi connectivity index (χ1) is 29.5. The molecule has 2 aliphatic heterocycles. The maximum Gasteiger partial charge on any atom is 0.272 e. The predicted octanol–water partition coefficient (Wildman–Crippen LogP) is 5.23. The van der Waals surface area contributed by atoms with Gasteiger partial charge in [0.2, 0.25) is 23.6 Å². The summed E-state index contributed by atoms with van der Waals surface area (Å²) < 4.78 is 29.1. The number of carbonyl (C=O) groups excluding carboxylic acids is 4. The van der Waals surface area contributed by atoms with Crippen molar-refractivity contribution in [3.05, 3.63) is 183 Å². The molecule has 14 nitrogen and oxygen atoms in total. The number of piperazine rings is 2. The molecule has 2 saturated heterocycles. The Bertz CT molecular complexity index is 2950. The van der Waals surface area contributed by atoms with Crippen molar-refractivity contribution in [2.75, 3.05) is 36.0 Å². The summed E-state index contributed by atoms with van der Waals surface area (Å²) >= 11 is 0. The maximum absolute atomic E-state index is 14.8. The van der Waals surface area contributed by atoms with Gasteiger partial charge in [-0.1, -0.05) is 86.3 Å². The number of aromatic nitrogens is 4. The van der Waals surface area contributed by atoms with Gasteiger partial charge >= 0.3 is 0 Å². The number of fused-ring (bicyclic) bond motifs is 2. The van der Waals surface area contributed by atoms with Gasteiger partial charge in [0, 0.05) is 50.6 Å². The summed E-state index contributed by atoms with van der Waals surface area (Å²) in [5.41, 5.74) is 2.82. The van der Waals surface area contributed by atoms with Crippen molar-refractivity contribution in [3.8, 4) is 0 Å². The number of aromatic amines is 2. The number of H-pyrrole nitrogens is 2. The first-order valence-corrected chi connectivity index (χ1v) is 19.2. The molecule has 4 heterocycles. The van der Waals surface area contributed by atoms with Gasteiger partial charge in [-0.05, 0) is 53.1 Å². The Kier molecular flexibility index (Phi) is 15.8. The van der Waals surface area contributed by atoms with Crippen molar-refractivity contribution in [2.24, 2.45) is 0 Å². The van der Waals surface area contributed by atoms with E-state index in [1.807, 2.05) is 36.4 Å². The number of amides is 4. The summed E-state index contributed by atoms with van der Waals surface area (Å²) in [6, 6.07) is 32.3. The third-order valence-corrected chi connectivity index (χ3v) is 10.3. The van der Waals surface area contributed by atoms with E-state index in [0.717, 1.165) is 15.4 Å². The zero-order chi connectivity index (χ0) is 42.6. The molecule has 5 aromatic carbocycles. The Morgan fingerprint density at radius 3 is 1.38 bits per heavy atom. The van der Waals surface area contributed by atoms with Gasteiger partial charge in [0.05, 0.1) is 59.7 Å². The monoisotopic (exact) mass is 959 g/mol. The van der Waals surface area contributed by atoms with Gasteiger partial charge in [0.1, 0.15) is 11.6 Å². The zero-order valence-corrected chi connectivity index (χ0v) is 35.2. The fourth-order valence-electron chi connectivity index (χ4n) is 7.46. The van der Waals surface area contributed by atoms with Gasteiger partial charge < -0.3 is 7.43 Å². The molecular formula is C47H43F2N8O6Pd-. The summed E-state index contributed by atoms with van der Waals surface area (Å²) in [4.78, 5) is 77.4. The van der Waals surface area contributed by atoms with Crippen LogP contribution in [0.4, 0.5) is 20.2 Å². The molecule has 0 saturated carbocycles. The fourth-order valence-corrected chi connectivity index (χ4v) is 7.46. The number of imide groups is 2. The van der Waals surface area contributed by atoms with E-state index in [1.165, 1.54) is 24.3 Å². The summed E-state index contributed by atoms with van der Waals surface area (Å²) in [6.45, 7) is 0.426. The van der Waals surface area contributed by atoms with Gasteiger partial charge in [0.15, 0.2) is 0 Å². The van der Waals surface area contributed by atoms with Crippen LogP contribution in [0.25, 0.3) is 21.5 Å². The molecule has 332 valence electrons. The number of hydrogen-bond acceptors (Lipinski definition) is 10. The zero-order valence-electron chi connectivity index (χ0n) is 33.7. The van der Waals surface area contributed by atoms with Crippen molar-refractivity contribution in [1.82, 2.24) is 30.6 Å². The average molecular weight is 960 g/mol. The van der Waals surface area contributed by atoms with Crippen LogP contribution in [-0.4, -0.2) is 75.1 Å². The second-order valence-corrected chi connectivity index (χ2v) is 14.5. The van der Waals surface area contributed by atoms with Crippen molar-refractivity contribution in [2.45, 2.75) is 26.8 Å². The fraction of sp³-hybridized carbons (Fsp3) is 0.170. The number of anilines is 2. The molecule has 7 aromatic rings. The van der Waals surface area contributed by atoms with Crippen LogP contribution in [0.5, 0.6) is 0 Å². The Balaban J connectivity index is 0.000000235. The average Bonchev–Trinajstić information content (AvgIpc) is 3.25. The normalized spacial score (nSPS) is 14.0. The molecule has 0 atom stereocenters. The number of nitrogens with one attached hydrogen (secondary N) is 3. The minimum atomic E-state index is -0.652. The molecule has 4 amide bonds. The number of rotatable bonds is 8. The third-order valence-electron chi connectivity index (χ3n) is 10.3. The summed E-state index contributed by atoms with van der Waals surface area (Å²) in [6.07, 6.45) is 0.597. The molecule has 0 bridgehead atoms. The van der Waals surface area contributed by atoms with E-state index < -0.39 is 35.3 Å². The smallest absolute Gasteiger partial charge is 0.272 e. The van der Waals surface area contributed by atoms with Gasteiger partial charge in [-0.15, -0.1) is 0 Å². The van der Waals surface area contributed by atoms with Gasteiger partial charge in [-0.2, -0.15) is 10.2 Å². The van der Waals surface area contributed by atoms with Crippen molar-refractivity contribution in [3.63, 3.8) is 0 Å². The van der Waals surface area contributed by atoms with E-state index in [4.69, 9.17) is 0 Å². The van der Waals surface area contributed by atoms with Crippen LogP contribution in [0.2, 0.25) is 0 Å². The van der Waals surface area contributed by atoms with E-state index in [-0.39, 0.29) is 83.9 Å². The van der Waals surface area contributed by atoms with Crippen molar-refractivity contribution < 1.29 is 48.4 Å². The number of benzene rings is 5. The molecule has 2 fully saturated rings. The van der Waals surface area contributed by atoms with Crippen LogP contribution in [0, 0.1) is 19.1 Å². The molecule has 0 spiro atoms. The minimum Gasteiger partial charge on any atom is -0.358 e. The second-order valence-electron chi connectivity index (χ2n) is 14.5. The van der Waals surface area contributed by atoms with Crippen molar-refractivity contribution in [1.29, 1.82) is 0 Å². The first kappa shape index (κ1) is 48.1. The molecule has 0 radical (unpaired) electrons. The number of nitrogens with zero attached hydrogens (tertiary/aromatic N) is 5. The molecular weight excluding hydrogens is 917 g/mol. The van der Waals surface area contributed by atoms with Crippen LogP contribution in [-0.2, 0) is 59.0 Å². The van der Waals surface area contributed by atoms with Crippen LogP contribution < -0.4 is 26.2 Å². The second kappa shape index (κ2) is 21.0. The van der Waals surface area contributed by atoms with Crippen LogP contribution in [0.3, 0.4) is 0 Å². The van der Waals surface area contributed by atoms with E-state index in [2.05, 4.69) is 25.7 Å². The Hall–Kier alpha value is -6.90. The molecule has 2 aromatic heterocycles. The van der Waals surface area contributed by atoms with E-state index >= 15 is 0 Å². The molecule has 9 rings (SSSR count). The maximum atomic E-state index is 14.8. The molecule has 0 unspecified atom stereocenters. The molecule has 17 heteroatoms. The van der Waals surface area contributed by atoms with Gasteiger partial charge in [-0.25, -0.2) is 28.8 Å². The van der Waals surface area contributed by atoms with Crippen LogP contribution >= 0.6 is 0 Å². The Morgan fingerprint density at radius 2 is 0.922 bits per heavy atom. The Labute approximate surface area is 379 Å². The molecule has 64 heavy (non-hydrogen) atoms. The van der Waals surface area contributed by atoms with E-state index in [9.17, 15) is 37.5 Å². The van der Waals surface area contributed by atoms with E-state index in [0.29, 0.717) is 63.4 Å². The Morgan fingerprint density at radius 1 is 0.516 bits per heavy atom. The predicted molar refractivity (Wildman–Crippen MR) is 236 cm³/mol. The first-order valence-electron chi connectivity index (χ1n) is 19.2. The standard InChI is InChI=1S/C26H21FN4O3.C19H15FN4O3.CH4.CH3.Pd/c27-21-11-10-18(12-22-19-8-4-5-9-20(19)26(34)29-28-22)13-23(21)31-24(32)15-30(16-25(31)33)14-17-6-2-1-3-7-17;20-14-6-5-11(8-16(14)24-17(25)9-21-10-18(24)26)7-15-12-3-1-2-4-13(12)19(27)23-22-15;;;/h1-11,13H,12,14-16H2,(H,29,34);1-6,8,21H,7,9-10H2,(H,23,27);1H4;1H3;/q;;;-1;. The van der Waals surface area contributed by atoms with Gasteiger partial charge in [0.25, 0.3) is 11.1 Å². The van der Waals surface area contributed by atoms with Crippen LogP contribution in [0.1, 0.15) is 35.5 Å². The largest absolute Gasteiger partial charge is 0.358 e. The number of carbonyl (C=O) groups is 4. The number of halogens is 2. The molecule has 2 aliphatic rings. The quantitative estimate of drug-likeness (QED) is 0.104. The molecule has 0 aliphatic carbocycles. The minimum absolute atomic E-state index is 0. The van der Waals surface area contributed by atoms with Crippen molar-refractivity contribution >= 4 is 56.5 Å². The van der Waals surface area contributed by atoms with Gasteiger partial charge in [-0.3, -0.25) is 39.0 Å². The van der Waals surface area contributed by atoms with Crippen LogP contribution in [0.15, 0.2) is 125 Å². The summed E-state index contributed by atoms with van der Waals surface area (Å²) in [7, 11) is 0.